The van der Waals surface area contributed by atoms with Gasteiger partial charge in [0.2, 0.25) is 0 Å². The van der Waals surface area contributed by atoms with Crippen molar-refractivity contribution in [1.29, 1.82) is 0 Å². The van der Waals surface area contributed by atoms with E-state index in [4.69, 9.17) is 11.6 Å². The van der Waals surface area contributed by atoms with Crippen LogP contribution in [-0.4, -0.2) is 23.1 Å². The maximum absolute atomic E-state index is 6.09. The Hall–Kier alpha value is -0.830. The van der Waals surface area contributed by atoms with Crippen LogP contribution in [0.5, 0.6) is 0 Å². The third-order valence-corrected chi connectivity index (χ3v) is 3.62. The molecule has 0 N–H and O–H groups in total. The largest absolute Gasteiger partial charge is 0.356 e. The van der Waals surface area contributed by atoms with Crippen LogP contribution >= 0.6 is 11.6 Å². The van der Waals surface area contributed by atoms with E-state index in [-0.39, 0.29) is 0 Å². The molecule has 3 nitrogen and oxygen atoms in total. The topological polar surface area (TPSA) is 29.0 Å². The molecule has 1 aromatic heterocycles. The Morgan fingerprint density at radius 1 is 1.19 bits per heavy atom. The second-order valence-corrected chi connectivity index (χ2v) is 5.04. The Bertz CT molecular complexity index is 384. The van der Waals surface area contributed by atoms with Crippen molar-refractivity contribution >= 4 is 17.4 Å². The highest BCUT2D eigenvalue weighted by atomic mass is 35.5. The molecule has 1 fully saturated rings. The van der Waals surface area contributed by atoms with Crippen molar-refractivity contribution in [2.24, 2.45) is 5.92 Å². The smallest absolute Gasteiger partial charge is 0.137 e. The van der Waals surface area contributed by atoms with E-state index in [1.54, 1.807) is 0 Å². The molecule has 0 aliphatic carbocycles. The van der Waals surface area contributed by atoms with Gasteiger partial charge in [0.05, 0.1) is 0 Å². The van der Waals surface area contributed by atoms with Gasteiger partial charge in [-0.15, -0.1) is 0 Å². The Balaban J connectivity index is 2.26. The van der Waals surface area contributed by atoms with Crippen molar-refractivity contribution < 1.29 is 0 Å². The lowest BCUT2D eigenvalue weighted by Crippen LogP contribution is -2.34. The third-order valence-electron chi connectivity index (χ3n) is 3.26. The van der Waals surface area contributed by atoms with Gasteiger partial charge in [0.25, 0.3) is 0 Å². The molecule has 0 spiro atoms. The molecule has 2 rings (SSSR count). The van der Waals surface area contributed by atoms with Crippen molar-refractivity contribution in [3.63, 3.8) is 0 Å². The molecule has 1 saturated heterocycles. The fourth-order valence-corrected chi connectivity index (χ4v) is 2.32. The minimum absolute atomic E-state index is 0.584. The summed E-state index contributed by atoms with van der Waals surface area (Å²) in [7, 11) is 0. The highest BCUT2D eigenvalue weighted by Gasteiger charge is 2.20. The fourth-order valence-electron chi connectivity index (χ4n) is 2.11. The second kappa shape index (κ2) is 4.58. The van der Waals surface area contributed by atoms with Crippen LogP contribution in [0.15, 0.2) is 0 Å². The average molecular weight is 240 g/mol. The summed E-state index contributed by atoms with van der Waals surface area (Å²) in [5, 5.41) is 0.584. The number of nitrogens with zero attached hydrogens (tertiary/aromatic N) is 3. The van der Waals surface area contributed by atoms with Crippen LogP contribution in [0.2, 0.25) is 5.15 Å². The van der Waals surface area contributed by atoms with E-state index in [9.17, 15) is 0 Å². The first-order valence-corrected chi connectivity index (χ1v) is 6.21. The molecule has 0 unspecified atom stereocenters. The molecule has 4 heteroatoms. The summed E-state index contributed by atoms with van der Waals surface area (Å²) in [6.07, 6.45) is 2.47. The zero-order valence-corrected chi connectivity index (χ0v) is 10.9. The molecular formula is C12H18ClN3. The number of piperidine rings is 1. The van der Waals surface area contributed by atoms with Gasteiger partial charge in [-0.25, -0.2) is 9.97 Å². The lowest BCUT2D eigenvalue weighted by atomic mass is 9.99. The summed E-state index contributed by atoms with van der Waals surface area (Å²) in [5.41, 5.74) is 1.00. The Morgan fingerprint density at radius 3 is 2.44 bits per heavy atom. The average Bonchev–Trinajstić information content (AvgIpc) is 2.25. The molecule has 0 saturated carbocycles. The quantitative estimate of drug-likeness (QED) is 0.706. The Morgan fingerprint density at radius 2 is 1.81 bits per heavy atom. The number of hydrogen-bond donors (Lipinski definition) is 0. The van der Waals surface area contributed by atoms with Gasteiger partial charge in [-0.05, 0) is 32.6 Å². The van der Waals surface area contributed by atoms with Crippen LogP contribution in [0, 0.1) is 19.8 Å². The first kappa shape index (κ1) is 11.6. The van der Waals surface area contributed by atoms with Crippen molar-refractivity contribution in [1.82, 2.24) is 9.97 Å². The molecule has 88 valence electrons. The van der Waals surface area contributed by atoms with Gasteiger partial charge in [-0.1, -0.05) is 18.5 Å². The molecule has 16 heavy (non-hydrogen) atoms. The first-order valence-electron chi connectivity index (χ1n) is 5.83. The van der Waals surface area contributed by atoms with E-state index in [1.165, 1.54) is 12.8 Å². The van der Waals surface area contributed by atoms with Crippen LogP contribution in [0.4, 0.5) is 5.82 Å². The van der Waals surface area contributed by atoms with Gasteiger partial charge < -0.3 is 4.90 Å². The van der Waals surface area contributed by atoms with E-state index in [1.807, 2.05) is 13.8 Å². The van der Waals surface area contributed by atoms with Crippen LogP contribution in [0.3, 0.4) is 0 Å². The number of rotatable bonds is 1. The SMILES string of the molecule is Cc1nc(Cl)c(C)c(N2CCC(C)CC2)n1. The summed E-state index contributed by atoms with van der Waals surface area (Å²) in [6.45, 7) is 8.35. The molecule has 0 atom stereocenters. The number of hydrogen-bond acceptors (Lipinski definition) is 3. The zero-order chi connectivity index (χ0) is 11.7. The summed E-state index contributed by atoms with van der Waals surface area (Å²) >= 11 is 6.09. The van der Waals surface area contributed by atoms with Gasteiger partial charge in [-0.2, -0.15) is 0 Å². The normalized spacial score (nSPS) is 17.9. The molecule has 0 aromatic carbocycles. The van der Waals surface area contributed by atoms with Gasteiger partial charge in [0.15, 0.2) is 0 Å². The second-order valence-electron chi connectivity index (χ2n) is 4.68. The minimum Gasteiger partial charge on any atom is -0.356 e. The lowest BCUT2D eigenvalue weighted by Gasteiger charge is -2.32. The number of halogens is 1. The van der Waals surface area contributed by atoms with E-state index >= 15 is 0 Å². The van der Waals surface area contributed by atoms with Crippen LogP contribution in [0.1, 0.15) is 31.2 Å². The maximum atomic E-state index is 6.09. The monoisotopic (exact) mass is 239 g/mol. The highest BCUT2D eigenvalue weighted by molar-refractivity contribution is 6.30. The van der Waals surface area contributed by atoms with E-state index < -0.39 is 0 Å². The Kier molecular flexibility index (Phi) is 3.33. The number of aryl methyl sites for hydroxylation is 1. The predicted molar refractivity (Wildman–Crippen MR) is 67.1 cm³/mol. The molecule has 0 radical (unpaired) electrons. The van der Waals surface area contributed by atoms with Crippen molar-refractivity contribution in [3.05, 3.63) is 16.5 Å². The van der Waals surface area contributed by atoms with Crippen LogP contribution in [0.25, 0.3) is 0 Å². The molecule has 2 heterocycles. The first-order chi connectivity index (χ1) is 7.58. The van der Waals surface area contributed by atoms with Gasteiger partial charge in [0, 0.05) is 18.7 Å². The van der Waals surface area contributed by atoms with Crippen LogP contribution in [-0.2, 0) is 0 Å². The molecule has 1 aliphatic rings. The van der Waals surface area contributed by atoms with Gasteiger partial charge >= 0.3 is 0 Å². The summed E-state index contributed by atoms with van der Waals surface area (Å²) in [5.74, 6) is 2.60. The van der Waals surface area contributed by atoms with E-state index in [0.29, 0.717) is 5.15 Å². The molecular weight excluding hydrogens is 222 g/mol. The summed E-state index contributed by atoms with van der Waals surface area (Å²) in [4.78, 5) is 11.0. The molecule has 0 amide bonds. The van der Waals surface area contributed by atoms with Crippen molar-refractivity contribution in [2.45, 2.75) is 33.6 Å². The number of aromatic nitrogens is 2. The molecule has 0 bridgehead atoms. The summed E-state index contributed by atoms with van der Waals surface area (Å²) in [6, 6.07) is 0. The Labute approximate surface area is 102 Å². The molecule has 1 aliphatic heterocycles. The highest BCUT2D eigenvalue weighted by Crippen LogP contribution is 2.27. The fraction of sp³-hybridized carbons (Fsp3) is 0.667. The maximum Gasteiger partial charge on any atom is 0.137 e. The predicted octanol–water partition coefficient (Wildman–Crippen LogP) is 2.98. The lowest BCUT2D eigenvalue weighted by molar-refractivity contribution is 0.436. The van der Waals surface area contributed by atoms with E-state index in [2.05, 4.69) is 21.8 Å². The van der Waals surface area contributed by atoms with Gasteiger partial charge in [-0.3, -0.25) is 0 Å². The van der Waals surface area contributed by atoms with Crippen LogP contribution < -0.4 is 4.90 Å². The summed E-state index contributed by atoms with van der Waals surface area (Å²) < 4.78 is 0. The molecule has 1 aromatic rings. The van der Waals surface area contributed by atoms with E-state index in [0.717, 1.165) is 36.2 Å². The standard InChI is InChI=1S/C12H18ClN3/c1-8-4-6-16(7-5-8)12-9(2)11(13)14-10(3)15-12/h8H,4-7H2,1-3H3. The van der Waals surface area contributed by atoms with Gasteiger partial charge in [0.1, 0.15) is 16.8 Å². The van der Waals surface area contributed by atoms with Crippen molar-refractivity contribution in [3.8, 4) is 0 Å². The zero-order valence-electron chi connectivity index (χ0n) is 10.1. The van der Waals surface area contributed by atoms with Crippen molar-refractivity contribution in [2.75, 3.05) is 18.0 Å². The third kappa shape index (κ3) is 2.29. The number of anilines is 1. The minimum atomic E-state index is 0.584.